The number of hydrogen-bond acceptors (Lipinski definition) is 4. The monoisotopic (exact) mass is 452 g/mol. The fraction of sp³-hybridized carbons (Fsp3) is 0.429. The van der Waals surface area contributed by atoms with Crippen LogP contribution in [0, 0.1) is 0 Å². The molecule has 2 rings (SSSR count). The molecule has 0 heterocycles. The van der Waals surface area contributed by atoms with Gasteiger partial charge in [0, 0.05) is 5.57 Å². The van der Waals surface area contributed by atoms with Gasteiger partial charge >= 0.3 is 11.9 Å². The molecule has 0 aliphatic heterocycles. The first-order chi connectivity index (χ1) is 16.0. The van der Waals surface area contributed by atoms with Crippen LogP contribution in [-0.2, 0) is 9.53 Å². The lowest BCUT2D eigenvalue weighted by Crippen LogP contribution is -2.05. The van der Waals surface area contributed by atoms with E-state index in [1.165, 1.54) is 38.5 Å². The third-order valence-electron chi connectivity index (χ3n) is 5.46. The molecular weight excluding hydrogens is 416 g/mol. The van der Waals surface area contributed by atoms with Crippen LogP contribution in [-0.4, -0.2) is 30.3 Å². The molecule has 178 valence electrons. The molecule has 1 N–H and O–H groups in total. The molecule has 0 spiro atoms. The minimum absolute atomic E-state index is 0.289. The predicted octanol–water partition coefficient (Wildman–Crippen LogP) is 7.06. The lowest BCUT2D eigenvalue weighted by atomic mass is 10.0. The zero-order valence-electron chi connectivity index (χ0n) is 19.7. The second-order valence-corrected chi connectivity index (χ2v) is 8.35. The minimum Gasteiger partial charge on any atom is -0.494 e. The van der Waals surface area contributed by atoms with Gasteiger partial charge in [-0.25, -0.2) is 9.59 Å². The maximum atomic E-state index is 11.3. The van der Waals surface area contributed by atoms with Crippen molar-refractivity contribution < 1.29 is 24.2 Å². The minimum atomic E-state index is -0.916. The molecular formula is C28H36O5. The Kier molecular flexibility index (Phi) is 11.8. The summed E-state index contributed by atoms with van der Waals surface area (Å²) < 4.78 is 10.9. The van der Waals surface area contributed by atoms with Gasteiger partial charge in [0.1, 0.15) is 5.75 Å². The molecule has 0 fully saturated rings. The summed E-state index contributed by atoms with van der Waals surface area (Å²) in [4.78, 5) is 22.2. The van der Waals surface area contributed by atoms with Gasteiger partial charge in [-0.1, -0.05) is 75.8 Å². The van der Waals surface area contributed by atoms with Crippen molar-refractivity contribution in [3.05, 3.63) is 66.2 Å². The Bertz CT molecular complexity index is 868. The highest BCUT2D eigenvalue weighted by atomic mass is 16.5. The zero-order valence-corrected chi connectivity index (χ0v) is 19.7. The van der Waals surface area contributed by atoms with Crippen LogP contribution in [0.15, 0.2) is 60.7 Å². The highest BCUT2D eigenvalue weighted by Gasteiger charge is 2.04. The Morgan fingerprint density at radius 1 is 0.727 bits per heavy atom. The second-order valence-electron chi connectivity index (χ2n) is 8.35. The number of ether oxygens (including phenoxy) is 2. The quantitative estimate of drug-likeness (QED) is 0.168. The molecule has 0 atom stereocenters. The summed E-state index contributed by atoms with van der Waals surface area (Å²) in [5, 5.41) is 8.99. The fourth-order valence-electron chi connectivity index (χ4n) is 3.47. The molecule has 2 aromatic rings. The first-order valence-electron chi connectivity index (χ1n) is 11.9. The van der Waals surface area contributed by atoms with E-state index in [-0.39, 0.29) is 11.5 Å². The number of hydrogen-bond donors (Lipinski definition) is 1. The van der Waals surface area contributed by atoms with Crippen molar-refractivity contribution in [3.8, 4) is 16.9 Å². The van der Waals surface area contributed by atoms with E-state index in [0.717, 1.165) is 42.7 Å². The highest BCUT2D eigenvalue weighted by Crippen LogP contribution is 2.23. The van der Waals surface area contributed by atoms with Crippen molar-refractivity contribution in [1.29, 1.82) is 0 Å². The summed E-state index contributed by atoms with van der Waals surface area (Å²) in [5.74, 6) is -0.350. The van der Waals surface area contributed by atoms with E-state index in [0.29, 0.717) is 12.2 Å². The Balaban J connectivity index is 1.47. The fourth-order valence-corrected chi connectivity index (χ4v) is 3.47. The molecule has 0 aliphatic rings. The van der Waals surface area contributed by atoms with Gasteiger partial charge in [0.05, 0.1) is 18.8 Å². The SMILES string of the molecule is C=C(C)C(=O)OCCCCCCCCCCCOc1ccc(-c2ccc(C(=O)O)cc2)cc1. The van der Waals surface area contributed by atoms with Crippen LogP contribution in [0.4, 0.5) is 0 Å². The number of benzene rings is 2. The Labute approximate surface area is 197 Å². The molecule has 0 bridgehead atoms. The Morgan fingerprint density at radius 2 is 1.18 bits per heavy atom. The number of esters is 1. The summed E-state index contributed by atoms with van der Waals surface area (Å²) in [7, 11) is 0. The number of aromatic carboxylic acids is 1. The van der Waals surface area contributed by atoms with Crippen LogP contribution in [0.3, 0.4) is 0 Å². The Hall–Kier alpha value is -3.08. The van der Waals surface area contributed by atoms with E-state index >= 15 is 0 Å². The van der Waals surface area contributed by atoms with Crippen molar-refractivity contribution in [1.82, 2.24) is 0 Å². The van der Waals surface area contributed by atoms with Crippen LogP contribution < -0.4 is 4.74 Å². The first kappa shape index (κ1) is 26.2. The van der Waals surface area contributed by atoms with Gasteiger partial charge in [0.25, 0.3) is 0 Å². The summed E-state index contributed by atoms with van der Waals surface area (Å²) in [6.45, 7) is 6.45. The molecule has 0 aliphatic carbocycles. The van der Waals surface area contributed by atoms with Gasteiger partial charge in [-0.2, -0.15) is 0 Å². The standard InChI is InChI=1S/C28H36O5/c1-22(2)28(31)33-21-11-9-7-5-3-4-6-8-10-20-32-26-18-16-24(17-19-26)23-12-14-25(15-13-23)27(29)30/h12-19H,1,3-11,20-21H2,2H3,(H,29,30). The normalized spacial score (nSPS) is 10.6. The number of unbranched alkanes of at least 4 members (excludes halogenated alkanes) is 8. The zero-order chi connectivity index (χ0) is 23.9. The molecule has 5 heteroatoms. The smallest absolute Gasteiger partial charge is 0.335 e. The van der Waals surface area contributed by atoms with Gasteiger partial charge in [-0.3, -0.25) is 0 Å². The van der Waals surface area contributed by atoms with E-state index in [4.69, 9.17) is 14.6 Å². The largest absolute Gasteiger partial charge is 0.494 e. The molecule has 33 heavy (non-hydrogen) atoms. The van der Waals surface area contributed by atoms with Gasteiger partial charge in [-0.15, -0.1) is 0 Å². The number of carboxylic acids is 1. The molecule has 2 aromatic carbocycles. The average Bonchev–Trinajstić information content (AvgIpc) is 2.82. The Morgan fingerprint density at radius 3 is 1.67 bits per heavy atom. The number of carbonyl (C=O) groups is 2. The third-order valence-corrected chi connectivity index (χ3v) is 5.46. The van der Waals surface area contributed by atoms with Crippen molar-refractivity contribution in [2.24, 2.45) is 0 Å². The second kappa shape index (κ2) is 14.9. The molecule has 0 saturated heterocycles. The first-order valence-corrected chi connectivity index (χ1v) is 11.9. The molecule has 0 radical (unpaired) electrons. The molecule has 0 saturated carbocycles. The third kappa shape index (κ3) is 10.4. The van der Waals surface area contributed by atoms with Gasteiger partial charge in [0.15, 0.2) is 0 Å². The van der Waals surface area contributed by atoms with E-state index in [1.807, 2.05) is 36.4 Å². The van der Waals surface area contributed by atoms with Gasteiger partial charge in [-0.05, 0) is 55.2 Å². The van der Waals surface area contributed by atoms with Crippen molar-refractivity contribution in [2.45, 2.75) is 64.7 Å². The predicted molar refractivity (Wildman–Crippen MR) is 132 cm³/mol. The molecule has 0 aromatic heterocycles. The van der Waals surface area contributed by atoms with Crippen molar-refractivity contribution in [2.75, 3.05) is 13.2 Å². The van der Waals surface area contributed by atoms with Crippen LogP contribution in [0.1, 0.15) is 75.1 Å². The lowest BCUT2D eigenvalue weighted by molar-refractivity contribution is -0.139. The summed E-state index contributed by atoms with van der Waals surface area (Å²) in [6, 6.07) is 14.8. The van der Waals surface area contributed by atoms with Crippen molar-refractivity contribution >= 4 is 11.9 Å². The van der Waals surface area contributed by atoms with Crippen LogP contribution in [0.25, 0.3) is 11.1 Å². The summed E-state index contributed by atoms with van der Waals surface area (Å²) >= 11 is 0. The maximum absolute atomic E-state index is 11.3. The number of carbonyl (C=O) groups excluding carboxylic acids is 1. The molecule has 5 nitrogen and oxygen atoms in total. The number of rotatable bonds is 16. The lowest BCUT2D eigenvalue weighted by Gasteiger charge is -2.08. The van der Waals surface area contributed by atoms with Crippen molar-refractivity contribution in [3.63, 3.8) is 0 Å². The average molecular weight is 453 g/mol. The molecule has 0 unspecified atom stereocenters. The van der Waals surface area contributed by atoms with Crippen LogP contribution in [0.2, 0.25) is 0 Å². The van der Waals surface area contributed by atoms with Gasteiger partial charge in [0.2, 0.25) is 0 Å². The number of carboxylic acid groups (broad SMARTS) is 1. The van der Waals surface area contributed by atoms with E-state index in [9.17, 15) is 9.59 Å². The van der Waals surface area contributed by atoms with E-state index in [2.05, 4.69) is 6.58 Å². The van der Waals surface area contributed by atoms with Crippen LogP contribution in [0.5, 0.6) is 5.75 Å². The summed E-state index contributed by atoms with van der Waals surface area (Å²) in [5.41, 5.74) is 2.77. The van der Waals surface area contributed by atoms with Crippen LogP contribution >= 0.6 is 0 Å². The molecule has 0 amide bonds. The van der Waals surface area contributed by atoms with E-state index in [1.54, 1.807) is 19.1 Å². The maximum Gasteiger partial charge on any atom is 0.335 e. The highest BCUT2D eigenvalue weighted by molar-refractivity contribution is 5.88. The van der Waals surface area contributed by atoms with Gasteiger partial charge < -0.3 is 14.6 Å². The van der Waals surface area contributed by atoms with E-state index < -0.39 is 5.97 Å². The topological polar surface area (TPSA) is 72.8 Å². The summed E-state index contributed by atoms with van der Waals surface area (Å²) in [6.07, 6.45) is 10.4.